The van der Waals surface area contributed by atoms with Gasteiger partial charge in [-0.15, -0.1) is 0 Å². The first kappa shape index (κ1) is 19.8. The molecule has 0 saturated carbocycles. The van der Waals surface area contributed by atoms with Gasteiger partial charge in [-0.2, -0.15) is 0 Å². The molecular formula is C20H25N3O2S. The highest BCUT2D eigenvalue weighted by Gasteiger charge is 2.13. The van der Waals surface area contributed by atoms with Gasteiger partial charge < -0.3 is 10.6 Å². The maximum Gasteiger partial charge on any atom is 0.269 e. The second-order valence-corrected chi connectivity index (χ2v) is 7.75. The van der Waals surface area contributed by atoms with Crippen LogP contribution in [0.1, 0.15) is 50.4 Å². The monoisotopic (exact) mass is 371 g/mol. The Hall–Kier alpha value is -2.47. The first-order valence-corrected chi connectivity index (χ1v) is 8.96. The van der Waals surface area contributed by atoms with Crippen LogP contribution in [-0.4, -0.2) is 10.0 Å². The van der Waals surface area contributed by atoms with E-state index in [2.05, 4.69) is 55.7 Å². The quantitative estimate of drug-likeness (QED) is 0.456. The second kappa shape index (κ2) is 8.27. The fraction of sp³-hybridized carbons (Fsp3) is 0.350. The van der Waals surface area contributed by atoms with Crippen molar-refractivity contribution in [3.05, 3.63) is 75.3 Å². The van der Waals surface area contributed by atoms with Crippen LogP contribution in [-0.2, 0) is 12.0 Å². The number of nitro groups is 1. The van der Waals surface area contributed by atoms with Crippen LogP contribution >= 0.6 is 12.2 Å². The Balaban J connectivity index is 1.87. The molecule has 2 aromatic carbocycles. The van der Waals surface area contributed by atoms with E-state index in [1.807, 2.05) is 6.92 Å². The summed E-state index contributed by atoms with van der Waals surface area (Å²) in [7, 11) is 0. The fourth-order valence-electron chi connectivity index (χ4n) is 2.52. The molecule has 0 aliphatic rings. The number of nitro benzene ring substituents is 1. The van der Waals surface area contributed by atoms with Crippen LogP contribution in [0.4, 0.5) is 5.69 Å². The Labute approximate surface area is 160 Å². The number of rotatable bonds is 5. The molecule has 0 amide bonds. The minimum absolute atomic E-state index is 0.0425. The van der Waals surface area contributed by atoms with Gasteiger partial charge in [-0.05, 0) is 41.2 Å². The van der Waals surface area contributed by atoms with E-state index in [1.54, 1.807) is 12.1 Å². The van der Waals surface area contributed by atoms with Crippen molar-refractivity contribution in [1.29, 1.82) is 0 Å². The maximum atomic E-state index is 10.7. The number of hydrogen-bond acceptors (Lipinski definition) is 3. The summed E-state index contributed by atoms with van der Waals surface area (Å²) >= 11 is 5.35. The lowest BCUT2D eigenvalue weighted by atomic mass is 9.87. The lowest BCUT2D eigenvalue weighted by Crippen LogP contribution is -2.36. The smallest absolute Gasteiger partial charge is 0.269 e. The van der Waals surface area contributed by atoms with E-state index in [9.17, 15) is 10.1 Å². The van der Waals surface area contributed by atoms with Gasteiger partial charge in [0.15, 0.2) is 5.11 Å². The van der Waals surface area contributed by atoms with Crippen molar-refractivity contribution >= 4 is 23.0 Å². The summed E-state index contributed by atoms with van der Waals surface area (Å²) in [6, 6.07) is 14.9. The van der Waals surface area contributed by atoms with Gasteiger partial charge in [-0.3, -0.25) is 10.1 Å². The largest absolute Gasteiger partial charge is 0.359 e. The molecule has 2 aromatic rings. The van der Waals surface area contributed by atoms with E-state index in [-0.39, 0.29) is 17.1 Å². The molecular weight excluding hydrogens is 346 g/mol. The molecule has 1 atom stereocenters. The Kier molecular flexibility index (Phi) is 6.32. The SMILES string of the molecule is C[C@H](NC(=S)NCc1ccc(C(C)(C)C)cc1)c1ccc([N+](=O)[O-])cc1. The lowest BCUT2D eigenvalue weighted by Gasteiger charge is -2.20. The van der Waals surface area contributed by atoms with Crippen LogP contribution in [0, 0.1) is 10.1 Å². The number of nitrogens with one attached hydrogen (secondary N) is 2. The molecule has 0 spiro atoms. The number of benzene rings is 2. The summed E-state index contributed by atoms with van der Waals surface area (Å²) in [5, 5.41) is 17.7. The third-order valence-electron chi connectivity index (χ3n) is 4.22. The van der Waals surface area contributed by atoms with Crippen LogP contribution in [0.5, 0.6) is 0 Å². The normalized spacial score (nSPS) is 12.3. The standard InChI is InChI=1S/C20H25N3O2S/c1-14(16-7-11-18(12-8-16)23(24)25)22-19(26)21-13-15-5-9-17(10-6-15)20(2,3)4/h5-12,14H,13H2,1-4H3,(H2,21,22,26)/t14-/m0/s1. The molecule has 6 heteroatoms. The van der Waals surface area contributed by atoms with Gasteiger partial charge in [0.05, 0.1) is 11.0 Å². The van der Waals surface area contributed by atoms with Crippen LogP contribution in [0.25, 0.3) is 0 Å². The maximum absolute atomic E-state index is 10.7. The van der Waals surface area contributed by atoms with Crippen LogP contribution < -0.4 is 10.6 Å². The minimum atomic E-state index is -0.404. The number of thiocarbonyl (C=S) groups is 1. The first-order chi connectivity index (χ1) is 12.2. The molecule has 0 saturated heterocycles. The van der Waals surface area contributed by atoms with Gasteiger partial charge in [0, 0.05) is 18.7 Å². The van der Waals surface area contributed by atoms with Crippen LogP contribution in [0.2, 0.25) is 0 Å². The van der Waals surface area contributed by atoms with Crippen molar-refractivity contribution in [3.63, 3.8) is 0 Å². The molecule has 0 unspecified atom stereocenters. The number of non-ortho nitro benzene ring substituents is 1. The number of hydrogen-bond donors (Lipinski definition) is 2. The predicted molar refractivity (Wildman–Crippen MR) is 109 cm³/mol. The zero-order valence-electron chi connectivity index (χ0n) is 15.6. The molecule has 2 rings (SSSR count). The summed E-state index contributed by atoms with van der Waals surface area (Å²) in [6.07, 6.45) is 0. The number of nitrogens with zero attached hydrogens (tertiary/aromatic N) is 1. The van der Waals surface area contributed by atoms with Crippen molar-refractivity contribution < 1.29 is 4.92 Å². The third-order valence-corrected chi connectivity index (χ3v) is 4.49. The topological polar surface area (TPSA) is 67.2 Å². The average molecular weight is 372 g/mol. The van der Waals surface area contributed by atoms with Crippen LogP contribution in [0.3, 0.4) is 0 Å². The summed E-state index contributed by atoms with van der Waals surface area (Å²) in [4.78, 5) is 10.3. The molecule has 2 N–H and O–H groups in total. The summed E-state index contributed by atoms with van der Waals surface area (Å²) in [5.41, 5.74) is 3.62. The van der Waals surface area contributed by atoms with Crippen molar-refractivity contribution in [2.75, 3.05) is 0 Å². The Bertz CT molecular complexity index is 765. The second-order valence-electron chi connectivity index (χ2n) is 7.34. The summed E-state index contributed by atoms with van der Waals surface area (Å²) in [6.45, 7) is 9.19. The molecule has 0 aliphatic heterocycles. The van der Waals surface area contributed by atoms with Gasteiger partial charge in [0.25, 0.3) is 5.69 Å². The zero-order chi connectivity index (χ0) is 19.3. The van der Waals surface area contributed by atoms with E-state index in [0.717, 1.165) is 11.1 Å². The zero-order valence-corrected chi connectivity index (χ0v) is 16.4. The molecule has 0 aromatic heterocycles. The minimum Gasteiger partial charge on any atom is -0.359 e. The highest BCUT2D eigenvalue weighted by molar-refractivity contribution is 7.80. The van der Waals surface area contributed by atoms with Crippen molar-refractivity contribution in [3.8, 4) is 0 Å². The third kappa shape index (κ3) is 5.52. The molecule has 0 bridgehead atoms. The Morgan fingerprint density at radius 3 is 2.19 bits per heavy atom. The summed E-state index contributed by atoms with van der Waals surface area (Å²) in [5.74, 6) is 0. The summed E-state index contributed by atoms with van der Waals surface area (Å²) < 4.78 is 0. The Morgan fingerprint density at radius 1 is 1.12 bits per heavy atom. The average Bonchev–Trinajstić information content (AvgIpc) is 2.59. The van der Waals surface area contributed by atoms with Gasteiger partial charge in [-0.25, -0.2) is 0 Å². The van der Waals surface area contributed by atoms with Gasteiger partial charge >= 0.3 is 0 Å². The lowest BCUT2D eigenvalue weighted by molar-refractivity contribution is -0.384. The predicted octanol–water partition coefficient (Wildman–Crippen LogP) is 4.62. The van der Waals surface area contributed by atoms with E-state index in [1.165, 1.54) is 17.7 Å². The highest BCUT2D eigenvalue weighted by atomic mass is 32.1. The van der Waals surface area contributed by atoms with Crippen LogP contribution in [0.15, 0.2) is 48.5 Å². The molecule has 0 heterocycles. The first-order valence-electron chi connectivity index (χ1n) is 8.55. The van der Waals surface area contributed by atoms with E-state index < -0.39 is 4.92 Å². The Morgan fingerprint density at radius 2 is 1.69 bits per heavy atom. The molecule has 138 valence electrons. The molecule has 0 radical (unpaired) electrons. The van der Waals surface area contributed by atoms with E-state index in [0.29, 0.717) is 11.7 Å². The van der Waals surface area contributed by atoms with E-state index in [4.69, 9.17) is 12.2 Å². The van der Waals surface area contributed by atoms with Gasteiger partial charge in [0.2, 0.25) is 0 Å². The van der Waals surface area contributed by atoms with Crippen molar-refractivity contribution in [1.82, 2.24) is 10.6 Å². The van der Waals surface area contributed by atoms with Crippen molar-refractivity contribution in [2.45, 2.75) is 45.7 Å². The van der Waals surface area contributed by atoms with Gasteiger partial charge in [-0.1, -0.05) is 57.2 Å². The van der Waals surface area contributed by atoms with Crippen molar-refractivity contribution in [2.24, 2.45) is 0 Å². The molecule has 26 heavy (non-hydrogen) atoms. The molecule has 0 aliphatic carbocycles. The van der Waals surface area contributed by atoms with Gasteiger partial charge in [0.1, 0.15) is 0 Å². The fourth-order valence-corrected chi connectivity index (χ4v) is 2.77. The molecule has 0 fully saturated rings. The molecule has 5 nitrogen and oxygen atoms in total. The van der Waals surface area contributed by atoms with E-state index >= 15 is 0 Å². The highest BCUT2D eigenvalue weighted by Crippen LogP contribution is 2.22.